The number of benzene rings is 1. The highest BCUT2D eigenvalue weighted by atomic mass is 19.1. The molecule has 0 saturated carbocycles. The van der Waals surface area contributed by atoms with Crippen molar-refractivity contribution in [1.82, 2.24) is 30.3 Å². The zero-order valence-corrected chi connectivity index (χ0v) is 14.0. The summed E-state index contributed by atoms with van der Waals surface area (Å²) in [4.78, 5) is 22.8. The molecule has 1 amide bonds. The van der Waals surface area contributed by atoms with Crippen molar-refractivity contribution in [3.05, 3.63) is 41.8 Å². The zero-order valence-electron chi connectivity index (χ0n) is 14.0. The average Bonchev–Trinajstić information content (AvgIpc) is 3.40. The summed E-state index contributed by atoms with van der Waals surface area (Å²) in [6.45, 7) is 1.04. The monoisotopic (exact) mass is 367 g/mol. The standard InChI is InChI=1S/C17H14FN7O2/c18-10-2-1-3-13-14(10)21-17(27-13)19-9-6-7-25(8-9)16(26)12-5-4-11-15(20-12)23-24-22-11/h1-5,9H,6-8H2,(H,19,21)(H,20,22,23,24)/t9-/m0/s1. The molecule has 9 nitrogen and oxygen atoms in total. The maximum Gasteiger partial charge on any atom is 0.296 e. The van der Waals surface area contributed by atoms with Crippen LogP contribution in [-0.4, -0.2) is 55.3 Å². The van der Waals surface area contributed by atoms with Crippen LogP contribution in [0, 0.1) is 5.82 Å². The molecule has 3 aromatic heterocycles. The first-order chi connectivity index (χ1) is 13.2. The van der Waals surface area contributed by atoms with Crippen LogP contribution < -0.4 is 5.32 Å². The Labute approximate surface area is 151 Å². The predicted molar refractivity (Wildman–Crippen MR) is 93.6 cm³/mol. The van der Waals surface area contributed by atoms with Crippen molar-refractivity contribution in [2.24, 2.45) is 0 Å². The summed E-state index contributed by atoms with van der Waals surface area (Å²) >= 11 is 0. The fourth-order valence-corrected chi connectivity index (χ4v) is 3.23. The second kappa shape index (κ2) is 6.01. The number of amides is 1. The van der Waals surface area contributed by atoms with E-state index in [1.807, 2.05) is 0 Å². The van der Waals surface area contributed by atoms with Crippen LogP contribution in [0.5, 0.6) is 0 Å². The molecule has 1 aromatic carbocycles. The molecule has 136 valence electrons. The van der Waals surface area contributed by atoms with Crippen molar-refractivity contribution in [3.63, 3.8) is 0 Å². The fourth-order valence-electron chi connectivity index (χ4n) is 3.23. The molecular weight excluding hydrogens is 353 g/mol. The lowest BCUT2D eigenvalue weighted by Gasteiger charge is -2.16. The third-order valence-corrected chi connectivity index (χ3v) is 4.57. The van der Waals surface area contributed by atoms with Gasteiger partial charge in [0, 0.05) is 19.1 Å². The lowest BCUT2D eigenvalue weighted by atomic mass is 10.3. The minimum Gasteiger partial charge on any atom is -0.423 e. The number of hydrogen-bond acceptors (Lipinski definition) is 7. The lowest BCUT2D eigenvalue weighted by molar-refractivity contribution is 0.0786. The van der Waals surface area contributed by atoms with Gasteiger partial charge in [0.1, 0.15) is 16.7 Å². The Kier molecular flexibility index (Phi) is 3.49. The smallest absolute Gasteiger partial charge is 0.296 e. The van der Waals surface area contributed by atoms with Crippen LogP contribution in [-0.2, 0) is 0 Å². The summed E-state index contributed by atoms with van der Waals surface area (Å²) in [6, 6.07) is 8.12. The largest absolute Gasteiger partial charge is 0.423 e. The summed E-state index contributed by atoms with van der Waals surface area (Å²) < 4.78 is 19.3. The van der Waals surface area contributed by atoms with Gasteiger partial charge < -0.3 is 14.6 Å². The quantitative estimate of drug-likeness (QED) is 0.569. The van der Waals surface area contributed by atoms with Crippen molar-refractivity contribution < 1.29 is 13.6 Å². The molecule has 0 spiro atoms. The molecule has 27 heavy (non-hydrogen) atoms. The van der Waals surface area contributed by atoms with E-state index in [0.29, 0.717) is 35.5 Å². The number of aromatic nitrogens is 5. The summed E-state index contributed by atoms with van der Waals surface area (Å²) in [6.07, 6.45) is 0.721. The highest BCUT2D eigenvalue weighted by Crippen LogP contribution is 2.23. The molecule has 4 aromatic rings. The van der Waals surface area contributed by atoms with E-state index >= 15 is 0 Å². The average molecular weight is 367 g/mol. The number of likely N-dealkylation sites (tertiary alicyclic amines) is 1. The molecule has 1 aliphatic rings. The summed E-state index contributed by atoms with van der Waals surface area (Å²) in [5, 5.41) is 13.4. The Hall–Kier alpha value is -3.56. The number of carbonyl (C=O) groups is 1. The Balaban J connectivity index is 1.30. The molecule has 0 radical (unpaired) electrons. The SMILES string of the molecule is O=C(c1ccc2n[nH]nc2n1)N1CC[C@H](Nc2nc3c(F)cccc3o2)C1. The fraction of sp³-hybridized carbons (Fsp3) is 0.235. The first-order valence-electron chi connectivity index (χ1n) is 8.46. The minimum absolute atomic E-state index is 0.0409. The van der Waals surface area contributed by atoms with Crippen LogP contribution in [0.1, 0.15) is 16.9 Å². The third kappa shape index (κ3) is 2.75. The molecule has 1 atom stereocenters. The molecule has 1 saturated heterocycles. The van der Waals surface area contributed by atoms with Gasteiger partial charge in [-0.1, -0.05) is 6.07 Å². The van der Waals surface area contributed by atoms with Crippen LogP contribution >= 0.6 is 0 Å². The lowest BCUT2D eigenvalue weighted by Crippen LogP contribution is -2.32. The van der Waals surface area contributed by atoms with E-state index in [1.54, 1.807) is 29.2 Å². The van der Waals surface area contributed by atoms with E-state index in [9.17, 15) is 9.18 Å². The van der Waals surface area contributed by atoms with Crippen LogP contribution in [0.4, 0.5) is 10.4 Å². The number of para-hydroxylation sites is 1. The highest BCUT2D eigenvalue weighted by molar-refractivity contribution is 5.94. The van der Waals surface area contributed by atoms with Gasteiger partial charge in [-0.05, 0) is 30.7 Å². The van der Waals surface area contributed by atoms with Gasteiger partial charge in [-0.3, -0.25) is 4.79 Å². The topological polar surface area (TPSA) is 113 Å². The molecule has 0 unspecified atom stereocenters. The van der Waals surface area contributed by atoms with Crippen LogP contribution in [0.2, 0.25) is 0 Å². The predicted octanol–water partition coefficient (Wildman–Crippen LogP) is 1.96. The van der Waals surface area contributed by atoms with Crippen LogP contribution in [0.15, 0.2) is 34.7 Å². The van der Waals surface area contributed by atoms with Crippen molar-refractivity contribution in [1.29, 1.82) is 0 Å². The van der Waals surface area contributed by atoms with Crippen molar-refractivity contribution in [2.45, 2.75) is 12.5 Å². The number of carbonyl (C=O) groups excluding carboxylic acids is 1. The number of fused-ring (bicyclic) bond motifs is 2. The van der Waals surface area contributed by atoms with Crippen molar-refractivity contribution in [3.8, 4) is 0 Å². The number of aromatic amines is 1. The molecule has 2 N–H and O–H groups in total. The molecule has 10 heteroatoms. The van der Waals surface area contributed by atoms with E-state index in [1.165, 1.54) is 6.07 Å². The first-order valence-corrected chi connectivity index (χ1v) is 8.46. The molecule has 0 bridgehead atoms. The third-order valence-electron chi connectivity index (χ3n) is 4.57. The van der Waals surface area contributed by atoms with E-state index in [-0.39, 0.29) is 23.5 Å². The minimum atomic E-state index is -0.429. The zero-order chi connectivity index (χ0) is 18.4. The Morgan fingerprint density at radius 3 is 3.07 bits per heavy atom. The maximum absolute atomic E-state index is 13.7. The van der Waals surface area contributed by atoms with Crippen LogP contribution in [0.25, 0.3) is 22.3 Å². The van der Waals surface area contributed by atoms with Crippen molar-refractivity contribution in [2.75, 3.05) is 18.4 Å². The molecule has 0 aliphatic carbocycles. The number of nitrogens with one attached hydrogen (secondary N) is 2. The van der Waals surface area contributed by atoms with Gasteiger partial charge >= 0.3 is 0 Å². The van der Waals surface area contributed by atoms with Gasteiger partial charge in [-0.15, -0.1) is 5.10 Å². The summed E-state index contributed by atoms with van der Waals surface area (Å²) in [7, 11) is 0. The number of nitrogens with zero attached hydrogens (tertiary/aromatic N) is 5. The number of oxazole rings is 1. The summed E-state index contributed by atoms with van der Waals surface area (Å²) in [5.41, 5.74) is 1.91. The normalized spacial score (nSPS) is 17.1. The maximum atomic E-state index is 13.7. The van der Waals surface area contributed by atoms with Gasteiger partial charge in [-0.25, -0.2) is 9.37 Å². The number of pyridine rings is 1. The molecule has 4 heterocycles. The highest BCUT2D eigenvalue weighted by Gasteiger charge is 2.29. The van der Waals surface area contributed by atoms with Gasteiger partial charge in [0.25, 0.3) is 11.9 Å². The number of halogens is 1. The number of H-pyrrole nitrogens is 1. The van der Waals surface area contributed by atoms with E-state index in [0.717, 1.165) is 6.42 Å². The number of anilines is 1. The Morgan fingerprint density at radius 1 is 1.26 bits per heavy atom. The second-order valence-electron chi connectivity index (χ2n) is 6.35. The molecule has 5 rings (SSSR count). The second-order valence-corrected chi connectivity index (χ2v) is 6.35. The van der Waals surface area contributed by atoms with Gasteiger partial charge in [0.05, 0.1) is 0 Å². The van der Waals surface area contributed by atoms with E-state index < -0.39 is 5.82 Å². The van der Waals surface area contributed by atoms with Crippen LogP contribution in [0.3, 0.4) is 0 Å². The molecule has 1 aliphatic heterocycles. The van der Waals surface area contributed by atoms with Crippen molar-refractivity contribution >= 4 is 34.2 Å². The van der Waals surface area contributed by atoms with E-state index in [4.69, 9.17) is 4.42 Å². The molecule has 1 fully saturated rings. The van der Waals surface area contributed by atoms with E-state index in [2.05, 4.69) is 30.7 Å². The van der Waals surface area contributed by atoms with Gasteiger partial charge in [0.15, 0.2) is 11.4 Å². The number of hydrogen-bond donors (Lipinski definition) is 2. The Morgan fingerprint density at radius 2 is 2.19 bits per heavy atom. The first kappa shape index (κ1) is 15.7. The summed E-state index contributed by atoms with van der Waals surface area (Å²) in [5.74, 6) is -0.602. The Bertz CT molecular complexity index is 1150. The van der Waals surface area contributed by atoms with Gasteiger partial charge in [0.2, 0.25) is 5.65 Å². The molecular formula is C17H14FN7O2. The van der Waals surface area contributed by atoms with Gasteiger partial charge in [-0.2, -0.15) is 15.3 Å². The number of rotatable bonds is 3.